The van der Waals surface area contributed by atoms with Gasteiger partial charge in [-0.1, -0.05) is 6.07 Å². The molecule has 120 valence electrons. The Morgan fingerprint density at radius 1 is 1.00 bits per heavy atom. The molecule has 0 spiro atoms. The predicted octanol–water partition coefficient (Wildman–Crippen LogP) is 4.38. The number of furan rings is 1. The first-order valence-electron chi connectivity index (χ1n) is 7.11. The van der Waals surface area contributed by atoms with E-state index in [0.717, 1.165) is 23.6 Å². The van der Waals surface area contributed by atoms with Gasteiger partial charge in [-0.05, 0) is 42.5 Å². The zero-order valence-electron chi connectivity index (χ0n) is 12.2. The average molecular weight is 320 g/mol. The van der Waals surface area contributed by atoms with Crippen molar-refractivity contribution in [3.63, 3.8) is 0 Å². The van der Waals surface area contributed by atoms with Gasteiger partial charge in [-0.25, -0.2) is 0 Å². The summed E-state index contributed by atoms with van der Waals surface area (Å²) in [5.74, 6) is 0.808. The van der Waals surface area contributed by atoms with Gasteiger partial charge < -0.3 is 14.3 Å². The normalized spacial score (nSPS) is 11.8. The molecule has 1 N–H and O–H groups in total. The van der Waals surface area contributed by atoms with Crippen molar-refractivity contribution in [1.82, 2.24) is 9.88 Å². The number of nitrogens with zero attached hydrogens (tertiary/aromatic N) is 1. The molecule has 3 nitrogen and oxygen atoms in total. The second-order valence-corrected chi connectivity index (χ2v) is 5.10. The van der Waals surface area contributed by atoms with Crippen molar-refractivity contribution in [2.75, 3.05) is 0 Å². The Hall–Kier alpha value is -2.47. The van der Waals surface area contributed by atoms with Crippen LogP contribution in [-0.4, -0.2) is 4.57 Å². The number of alkyl halides is 3. The lowest BCUT2D eigenvalue weighted by molar-refractivity contribution is -0.137. The summed E-state index contributed by atoms with van der Waals surface area (Å²) < 4.78 is 45.5. The third-order valence-electron chi connectivity index (χ3n) is 3.47. The van der Waals surface area contributed by atoms with Crippen LogP contribution in [0, 0.1) is 0 Å². The first-order chi connectivity index (χ1) is 11.0. The molecule has 1 aromatic carbocycles. The molecule has 3 aromatic rings. The molecule has 0 unspecified atom stereocenters. The molecule has 0 radical (unpaired) electrons. The van der Waals surface area contributed by atoms with Crippen LogP contribution in [0.15, 0.2) is 65.4 Å². The Morgan fingerprint density at radius 3 is 2.61 bits per heavy atom. The summed E-state index contributed by atoms with van der Waals surface area (Å²) in [6.07, 6.45) is -0.997. The molecule has 0 atom stereocenters. The lowest BCUT2D eigenvalue weighted by atomic mass is 10.2. The number of nitrogens with one attached hydrogen (secondary N) is 1. The van der Waals surface area contributed by atoms with Crippen molar-refractivity contribution < 1.29 is 17.6 Å². The van der Waals surface area contributed by atoms with Crippen LogP contribution in [0.25, 0.3) is 5.69 Å². The molecule has 2 heterocycles. The van der Waals surface area contributed by atoms with Gasteiger partial charge in [0.1, 0.15) is 5.76 Å². The van der Waals surface area contributed by atoms with Gasteiger partial charge >= 0.3 is 6.18 Å². The highest BCUT2D eigenvalue weighted by atomic mass is 19.4. The van der Waals surface area contributed by atoms with Crippen LogP contribution in [0.5, 0.6) is 0 Å². The van der Waals surface area contributed by atoms with E-state index in [1.807, 2.05) is 24.3 Å². The first kappa shape index (κ1) is 15.4. The molecule has 2 aromatic heterocycles. The smallest absolute Gasteiger partial charge is 0.416 e. The van der Waals surface area contributed by atoms with E-state index >= 15 is 0 Å². The van der Waals surface area contributed by atoms with E-state index in [0.29, 0.717) is 18.8 Å². The van der Waals surface area contributed by atoms with Gasteiger partial charge in [-0.2, -0.15) is 13.2 Å². The van der Waals surface area contributed by atoms with Gasteiger partial charge in [0, 0.05) is 24.1 Å². The van der Waals surface area contributed by atoms with Gasteiger partial charge in [-0.15, -0.1) is 0 Å². The highest BCUT2D eigenvalue weighted by Crippen LogP contribution is 2.30. The second kappa shape index (κ2) is 6.34. The summed E-state index contributed by atoms with van der Waals surface area (Å²) in [4.78, 5) is 0. The summed E-state index contributed by atoms with van der Waals surface area (Å²) in [6, 6.07) is 12.6. The molecule has 0 bridgehead atoms. The Balaban J connectivity index is 1.75. The Bertz CT molecular complexity index is 760. The Morgan fingerprint density at radius 2 is 1.87 bits per heavy atom. The number of hydrogen-bond acceptors (Lipinski definition) is 2. The van der Waals surface area contributed by atoms with Crippen LogP contribution in [0.3, 0.4) is 0 Å². The van der Waals surface area contributed by atoms with Crippen LogP contribution < -0.4 is 5.32 Å². The quantitative estimate of drug-likeness (QED) is 0.756. The zero-order valence-corrected chi connectivity index (χ0v) is 12.2. The van der Waals surface area contributed by atoms with E-state index in [9.17, 15) is 13.2 Å². The minimum absolute atomic E-state index is 0.486. The summed E-state index contributed by atoms with van der Waals surface area (Å²) >= 11 is 0. The molecule has 0 aliphatic rings. The molecular formula is C17H15F3N2O. The maximum atomic E-state index is 12.8. The maximum absolute atomic E-state index is 12.8. The summed E-state index contributed by atoms with van der Waals surface area (Å²) in [7, 11) is 0. The molecular weight excluding hydrogens is 305 g/mol. The van der Waals surface area contributed by atoms with Crippen LogP contribution in [0.1, 0.15) is 17.0 Å². The highest BCUT2D eigenvalue weighted by Gasteiger charge is 2.30. The SMILES string of the molecule is FC(F)(F)c1cccc(-n2cccc2CNCc2ccco2)c1. The van der Waals surface area contributed by atoms with Crippen molar-refractivity contribution in [3.8, 4) is 5.69 Å². The fourth-order valence-corrected chi connectivity index (χ4v) is 2.37. The van der Waals surface area contributed by atoms with E-state index in [1.165, 1.54) is 6.07 Å². The topological polar surface area (TPSA) is 30.1 Å². The fourth-order valence-electron chi connectivity index (χ4n) is 2.37. The van der Waals surface area contributed by atoms with Gasteiger partial charge in [0.15, 0.2) is 0 Å². The fraction of sp³-hybridized carbons (Fsp3) is 0.176. The van der Waals surface area contributed by atoms with Crippen molar-refractivity contribution in [3.05, 3.63) is 78.0 Å². The molecule has 0 saturated heterocycles. The average Bonchev–Trinajstić information content (AvgIpc) is 3.18. The molecule has 0 aliphatic carbocycles. The van der Waals surface area contributed by atoms with E-state index in [4.69, 9.17) is 4.42 Å². The lowest BCUT2D eigenvalue weighted by Gasteiger charge is -2.13. The summed E-state index contributed by atoms with van der Waals surface area (Å²) in [6.45, 7) is 1.07. The minimum Gasteiger partial charge on any atom is -0.468 e. The van der Waals surface area contributed by atoms with Crippen molar-refractivity contribution >= 4 is 0 Å². The predicted molar refractivity (Wildman–Crippen MR) is 80.0 cm³/mol. The van der Waals surface area contributed by atoms with Gasteiger partial charge in [-0.3, -0.25) is 0 Å². The minimum atomic E-state index is -4.35. The number of benzene rings is 1. The largest absolute Gasteiger partial charge is 0.468 e. The van der Waals surface area contributed by atoms with Crippen molar-refractivity contribution in [2.24, 2.45) is 0 Å². The third kappa shape index (κ3) is 3.65. The lowest BCUT2D eigenvalue weighted by Crippen LogP contribution is -2.15. The van der Waals surface area contributed by atoms with Crippen LogP contribution in [-0.2, 0) is 19.3 Å². The van der Waals surface area contributed by atoms with Gasteiger partial charge in [0.25, 0.3) is 0 Å². The maximum Gasteiger partial charge on any atom is 0.416 e. The van der Waals surface area contributed by atoms with E-state index < -0.39 is 11.7 Å². The summed E-state index contributed by atoms with van der Waals surface area (Å²) in [5.41, 5.74) is 0.702. The molecule has 23 heavy (non-hydrogen) atoms. The van der Waals surface area contributed by atoms with Crippen LogP contribution >= 0.6 is 0 Å². The van der Waals surface area contributed by atoms with E-state index in [1.54, 1.807) is 23.1 Å². The number of halogens is 3. The molecule has 0 saturated carbocycles. The highest BCUT2D eigenvalue weighted by molar-refractivity contribution is 5.39. The molecule has 0 aliphatic heterocycles. The Labute approximate surface area is 131 Å². The van der Waals surface area contributed by atoms with Gasteiger partial charge in [0.05, 0.1) is 18.4 Å². The number of rotatable bonds is 5. The third-order valence-corrected chi connectivity index (χ3v) is 3.47. The molecule has 0 fully saturated rings. The Kier molecular flexibility index (Phi) is 4.25. The van der Waals surface area contributed by atoms with E-state index in [-0.39, 0.29) is 0 Å². The van der Waals surface area contributed by atoms with Gasteiger partial charge in [0.2, 0.25) is 0 Å². The molecule has 3 rings (SSSR count). The standard InChI is InChI=1S/C17H15F3N2O/c18-17(19,20)13-4-1-5-14(10-13)22-8-2-6-15(22)11-21-12-16-7-3-9-23-16/h1-10,21H,11-12H2. The zero-order chi connectivity index (χ0) is 16.3. The second-order valence-electron chi connectivity index (χ2n) is 5.10. The van der Waals surface area contributed by atoms with E-state index in [2.05, 4.69) is 5.32 Å². The van der Waals surface area contributed by atoms with Crippen LogP contribution in [0.4, 0.5) is 13.2 Å². The number of hydrogen-bond donors (Lipinski definition) is 1. The van der Waals surface area contributed by atoms with Crippen molar-refractivity contribution in [1.29, 1.82) is 0 Å². The molecule has 0 amide bonds. The molecule has 6 heteroatoms. The summed E-state index contributed by atoms with van der Waals surface area (Å²) in [5, 5.41) is 3.21. The number of aromatic nitrogens is 1. The van der Waals surface area contributed by atoms with Crippen LogP contribution in [0.2, 0.25) is 0 Å². The monoisotopic (exact) mass is 320 g/mol. The first-order valence-corrected chi connectivity index (χ1v) is 7.11. The van der Waals surface area contributed by atoms with Crippen molar-refractivity contribution in [2.45, 2.75) is 19.3 Å².